The van der Waals surface area contributed by atoms with Crippen molar-refractivity contribution in [2.24, 2.45) is 0 Å². The Hall–Kier alpha value is 1.57. The molecule has 0 aromatic carbocycles. The standard InChI is InChI=1S/Al.H5O10P3.Zn.3H/c;1-11(2,3)9-13(7,8)10-12(4,5)6;;;;/h;(H,7,8)(H2,1,2,3)(H2,4,5,6);;;;. The van der Waals surface area contributed by atoms with Crippen molar-refractivity contribution in [2.45, 2.75) is 0 Å². The topological polar surface area (TPSA) is 171 Å². The van der Waals surface area contributed by atoms with Gasteiger partial charge < -0.3 is 24.5 Å². The van der Waals surface area contributed by atoms with Gasteiger partial charge in [-0.25, -0.2) is 13.7 Å². The van der Waals surface area contributed by atoms with Crippen LogP contribution in [-0.2, 0) is 41.8 Å². The van der Waals surface area contributed by atoms with Crippen LogP contribution in [0.2, 0.25) is 0 Å². The predicted molar refractivity (Wildman–Crippen MR) is 46.0 cm³/mol. The fourth-order valence-electron chi connectivity index (χ4n) is 0.284. The number of rotatable bonds is 4. The Kier molecular flexibility index (Phi) is 10.3. The molecule has 0 aromatic heterocycles. The zero-order valence-electron chi connectivity index (χ0n) is 6.33. The van der Waals surface area contributed by atoms with Gasteiger partial charge in [0, 0.05) is 19.5 Å². The Morgan fingerprint density at radius 1 is 0.733 bits per heavy atom. The fourth-order valence-corrected chi connectivity index (χ4v) is 2.82. The molecule has 0 atom stereocenters. The van der Waals surface area contributed by atoms with E-state index in [1.165, 1.54) is 0 Å². The molecule has 0 saturated heterocycles. The smallest absolute Gasteiger partial charge is 0.302 e. The summed E-state index contributed by atoms with van der Waals surface area (Å²) >= 11 is 0. The molecule has 0 heterocycles. The van der Waals surface area contributed by atoms with Gasteiger partial charge in [-0.1, -0.05) is 0 Å². The molecule has 0 spiro atoms. The van der Waals surface area contributed by atoms with Crippen LogP contribution in [0.3, 0.4) is 0 Å². The molecule has 0 aliphatic carbocycles. The molecule has 0 bridgehead atoms. The maximum atomic E-state index is 10.4. The van der Waals surface area contributed by atoms with Gasteiger partial charge in [-0.3, -0.25) is 0 Å². The first-order valence-electron chi connectivity index (χ1n) is 2.28. The van der Waals surface area contributed by atoms with Crippen LogP contribution < -0.4 is 0 Å². The van der Waals surface area contributed by atoms with Crippen LogP contribution in [0, 0.1) is 0 Å². The molecular weight excluding hydrogens is 345 g/mol. The number of phosphoric acid groups is 3. The Labute approximate surface area is 107 Å². The van der Waals surface area contributed by atoms with Gasteiger partial charge in [0.25, 0.3) is 0 Å². The molecule has 0 aromatic rings. The molecule has 0 saturated carbocycles. The van der Waals surface area contributed by atoms with Crippen LogP contribution in [0.4, 0.5) is 0 Å². The molecule has 15 heavy (non-hydrogen) atoms. The van der Waals surface area contributed by atoms with Crippen molar-refractivity contribution >= 4 is 40.8 Å². The summed E-state index contributed by atoms with van der Waals surface area (Å²) in [7, 11) is -16.2. The van der Waals surface area contributed by atoms with E-state index >= 15 is 0 Å². The average molecular weight is 353 g/mol. The van der Waals surface area contributed by atoms with Crippen LogP contribution >= 0.6 is 23.5 Å². The molecule has 5 N–H and O–H groups in total. The molecule has 10 nitrogen and oxygen atoms in total. The zero-order chi connectivity index (χ0) is 10.9. The Bertz CT molecular complexity index is 283. The van der Waals surface area contributed by atoms with Crippen molar-refractivity contribution in [3.05, 3.63) is 0 Å². The van der Waals surface area contributed by atoms with Gasteiger partial charge in [-0.15, -0.1) is 0 Å². The molecule has 0 fully saturated rings. The third-order valence-electron chi connectivity index (χ3n) is 0.419. The van der Waals surface area contributed by atoms with Crippen molar-refractivity contribution in [1.82, 2.24) is 0 Å². The summed E-state index contributed by atoms with van der Waals surface area (Å²) in [6.45, 7) is 0. The summed E-state index contributed by atoms with van der Waals surface area (Å²) in [6, 6.07) is 0. The summed E-state index contributed by atoms with van der Waals surface area (Å²) in [4.78, 5) is 40.2. The van der Waals surface area contributed by atoms with Gasteiger partial charge in [-0.05, 0) is 0 Å². The third-order valence-corrected chi connectivity index (χ3v) is 3.77. The Morgan fingerprint density at radius 3 is 1.07 bits per heavy atom. The van der Waals surface area contributed by atoms with Gasteiger partial charge >= 0.3 is 23.5 Å². The summed E-state index contributed by atoms with van der Waals surface area (Å²) in [5.41, 5.74) is 0. The van der Waals surface area contributed by atoms with E-state index < -0.39 is 23.5 Å². The normalized spacial score (nSPS) is 12.6. The van der Waals surface area contributed by atoms with Crippen LogP contribution in [0.15, 0.2) is 0 Å². The first kappa shape index (κ1) is 21.8. The number of hydrogen-bond donors (Lipinski definition) is 5. The van der Waals surface area contributed by atoms with Crippen molar-refractivity contribution in [1.29, 1.82) is 0 Å². The van der Waals surface area contributed by atoms with E-state index in [1.807, 2.05) is 0 Å². The van der Waals surface area contributed by atoms with Crippen LogP contribution in [0.25, 0.3) is 0 Å². The van der Waals surface area contributed by atoms with E-state index in [4.69, 9.17) is 24.5 Å². The minimum Gasteiger partial charge on any atom is -0.302 e. The molecule has 0 unspecified atom stereocenters. The van der Waals surface area contributed by atoms with Gasteiger partial charge in [-0.2, -0.15) is 8.62 Å². The third kappa shape index (κ3) is 15.6. The van der Waals surface area contributed by atoms with E-state index in [1.54, 1.807) is 0 Å². The van der Waals surface area contributed by atoms with Crippen molar-refractivity contribution in [3.63, 3.8) is 0 Å². The average Bonchev–Trinajstić information content (AvgIpc) is 1.43. The Balaban J connectivity index is -0.000000720. The molecule has 15 heteroatoms. The van der Waals surface area contributed by atoms with Crippen molar-refractivity contribution < 1.29 is 66.3 Å². The maximum absolute atomic E-state index is 10.4. The van der Waals surface area contributed by atoms with Crippen molar-refractivity contribution in [3.8, 4) is 0 Å². The number of hydrogen-bond acceptors (Lipinski definition) is 5. The first-order chi connectivity index (χ1) is 5.41. The largest absolute Gasteiger partial charge is 0.490 e. The van der Waals surface area contributed by atoms with Crippen LogP contribution in [0.5, 0.6) is 0 Å². The molecule has 0 amide bonds. The second-order valence-corrected chi connectivity index (χ2v) is 5.82. The van der Waals surface area contributed by atoms with Gasteiger partial charge in [0.2, 0.25) is 0 Å². The summed E-state index contributed by atoms with van der Waals surface area (Å²) < 4.78 is 36.4. The second-order valence-electron chi connectivity index (χ2n) is 1.61. The second kappa shape index (κ2) is 7.10. The zero-order valence-corrected chi connectivity index (χ0v) is 12.0. The molecule has 0 radical (unpaired) electrons. The van der Waals surface area contributed by atoms with Crippen LogP contribution in [-0.4, -0.2) is 41.8 Å². The van der Waals surface area contributed by atoms with E-state index in [0.717, 1.165) is 0 Å². The molecular formula is H8AlO10P3Zn. The van der Waals surface area contributed by atoms with Crippen molar-refractivity contribution in [2.75, 3.05) is 0 Å². The summed E-state index contributed by atoms with van der Waals surface area (Å²) in [6.07, 6.45) is 0. The molecule has 0 aliphatic heterocycles. The van der Waals surface area contributed by atoms with Gasteiger partial charge in [0.05, 0.1) is 0 Å². The van der Waals surface area contributed by atoms with Gasteiger partial charge in [0.1, 0.15) is 0 Å². The van der Waals surface area contributed by atoms with Gasteiger partial charge in [0.15, 0.2) is 17.4 Å². The van der Waals surface area contributed by atoms with E-state index in [2.05, 4.69) is 8.62 Å². The molecule has 0 rings (SSSR count). The minimum absolute atomic E-state index is 0. The monoisotopic (exact) mass is 352 g/mol. The molecule has 88 valence electrons. The summed E-state index contributed by atoms with van der Waals surface area (Å²) in [5, 5.41) is 0. The quantitative estimate of drug-likeness (QED) is 0.284. The maximum Gasteiger partial charge on any atom is 0.490 e. The molecule has 0 aliphatic rings. The van der Waals surface area contributed by atoms with Crippen LogP contribution in [0.1, 0.15) is 0 Å². The first-order valence-corrected chi connectivity index (χ1v) is 6.83. The SMILES string of the molecule is O=P(O)(O)OP(=O)(O)OP(=O)(O)O.[AlH3].[Zn]. The fraction of sp³-hybridized carbons (Fsp3) is 0. The van der Waals surface area contributed by atoms with E-state index in [-0.39, 0.29) is 36.8 Å². The minimum atomic E-state index is -5.46. The summed E-state index contributed by atoms with van der Waals surface area (Å²) in [5.74, 6) is 0. The Morgan fingerprint density at radius 2 is 0.933 bits per heavy atom. The predicted octanol–water partition coefficient (Wildman–Crippen LogP) is -1.88. The van der Waals surface area contributed by atoms with E-state index in [0.29, 0.717) is 0 Å². The van der Waals surface area contributed by atoms with E-state index in [9.17, 15) is 13.7 Å².